The van der Waals surface area contributed by atoms with Crippen LogP contribution in [0.15, 0.2) is 35.1 Å². The molecule has 0 aliphatic carbocycles. The number of rotatable bonds is 2. The largest absolute Gasteiger partial charge is 0.399 e. The Kier molecular flexibility index (Phi) is 3.28. The smallest absolute Gasteiger partial charge is 0.266 e. The molecule has 104 valence electrons. The van der Waals surface area contributed by atoms with Gasteiger partial charge in [-0.05, 0) is 23.3 Å². The molecule has 1 aromatic carbocycles. The lowest BCUT2D eigenvalue weighted by Crippen LogP contribution is -2.34. The van der Waals surface area contributed by atoms with E-state index in [-0.39, 0.29) is 5.56 Å². The van der Waals surface area contributed by atoms with Gasteiger partial charge in [0.05, 0.1) is 5.69 Å². The van der Waals surface area contributed by atoms with Crippen LogP contribution in [-0.4, -0.2) is 21.2 Å². The van der Waals surface area contributed by atoms with Crippen molar-refractivity contribution >= 4 is 5.69 Å². The Bertz CT molecular complexity index is 693. The Morgan fingerprint density at radius 3 is 3.00 bits per heavy atom. The summed E-state index contributed by atoms with van der Waals surface area (Å²) in [4.78, 5) is 14.0. The number of hydrogen-bond donors (Lipinski definition) is 1. The van der Waals surface area contributed by atoms with Gasteiger partial charge in [-0.3, -0.25) is 9.69 Å². The molecule has 1 aromatic heterocycles. The molecule has 0 unspecified atom stereocenters. The summed E-state index contributed by atoms with van der Waals surface area (Å²) >= 11 is 0. The second-order valence-corrected chi connectivity index (χ2v) is 5.28. The minimum atomic E-state index is -0.0467. The third kappa shape index (κ3) is 2.58. The number of aryl methyl sites for hydroxylation is 1. The molecule has 0 saturated carbocycles. The van der Waals surface area contributed by atoms with Crippen LogP contribution in [-0.2, 0) is 26.6 Å². The van der Waals surface area contributed by atoms with Crippen molar-refractivity contribution in [1.82, 2.24) is 14.7 Å². The molecule has 0 bridgehead atoms. The number of aromatic nitrogens is 2. The van der Waals surface area contributed by atoms with Crippen LogP contribution < -0.4 is 11.3 Å². The van der Waals surface area contributed by atoms with E-state index in [1.54, 1.807) is 13.1 Å². The maximum absolute atomic E-state index is 11.7. The van der Waals surface area contributed by atoms with Crippen LogP contribution in [0.3, 0.4) is 0 Å². The lowest BCUT2D eigenvalue weighted by atomic mass is 10.1. The molecule has 0 spiro atoms. The number of benzene rings is 1. The highest BCUT2D eigenvalue weighted by atomic mass is 16.1. The normalized spacial score (nSPS) is 15.1. The molecule has 0 fully saturated rings. The first kappa shape index (κ1) is 12.9. The zero-order chi connectivity index (χ0) is 14.1. The van der Waals surface area contributed by atoms with E-state index < -0.39 is 0 Å². The maximum atomic E-state index is 11.7. The Balaban J connectivity index is 1.79. The fourth-order valence-electron chi connectivity index (χ4n) is 2.64. The lowest BCUT2D eigenvalue weighted by molar-refractivity contribution is 0.241. The molecular weight excluding hydrogens is 252 g/mol. The molecule has 3 rings (SSSR count). The Morgan fingerprint density at radius 1 is 1.35 bits per heavy atom. The van der Waals surface area contributed by atoms with Crippen molar-refractivity contribution in [3.05, 3.63) is 57.5 Å². The van der Waals surface area contributed by atoms with Crippen LogP contribution in [0.5, 0.6) is 0 Å². The number of anilines is 1. The Morgan fingerprint density at radius 2 is 2.20 bits per heavy atom. The van der Waals surface area contributed by atoms with E-state index in [0.717, 1.165) is 43.0 Å². The molecule has 2 aromatic rings. The first-order chi connectivity index (χ1) is 9.61. The van der Waals surface area contributed by atoms with Gasteiger partial charge < -0.3 is 5.73 Å². The predicted molar refractivity (Wildman–Crippen MR) is 78.2 cm³/mol. The summed E-state index contributed by atoms with van der Waals surface area (Å²) in [7, 11) is 1.70. The number of nitrogens with zero attached hydrogens (tertiary/aromatic N) is 3. The summed E-state index contributed by atoms with van der Waals surface area (Å²) in [5.41, 5.74) is 9.83. The third-order valence-corrected chi connectivity index (χ3v) is 3.67. The van der Waals surface area contributed by atoms with E-state index in [1.807, 2.05) is 18.2 Å². The number of nitrogen functional groups attached to an aromatic ring is 1. The van der Waals surface area contributed by atoms with Gasteiger partial charge in [-0.1, -0.05) is 12.1 Å². The van der Waals surface area contributed by atoms with Crippen LogP contribution in [0, 0.1) is 0 Å². The topological polar surface area (TPSA) is 64.2 Å². The quantitative estimate of drug-likeness (QED) is 0.824. The van der Waals surface area contributed by atoms with E-state index in [2.05, 4.69) is 16.1 Å². The van der Waals surface area contributed by atoms with Gasteiger partial charge >= 0.3 is 0 Å². The maximum Gasteiger partial charge on any atom is 0.266 e. The van der Waals surface area contributed by atoms with E-state index >= 15 is 0 Å². The first-order valence-corrected chi connectivity index (χ1v) is 6.75. The van der Waals surface area contributed by atoms with Gasteiger partial charge in [0.15, 0.2) is 0 Å². The molecule has 5 nitrogen and oxygen atoms in total. The SMILES string of the molecule is Cn1nc2c(cc1=O)CN(Cc1cccc(N)c1)CC2. The standard InChI is InChI=1S/C15H18N4O/c1-18-15(20)8-12-10-19(6-5-14(12)17-18)9-11-3-2-4-13(16)7-11/h2-4,7-8H,5-6,9-10,16H2,1H3. The average Bonchev–Trinajstić information content (AvgIpc) is 2.40. The zero-order valence-electron chi connectivity index (χ0n) is 11.5. The minimum Gasteiger partial charge on any atom is -0.399 e. The molecule has 1 aliphatic heterocycles. The Hall–Kier alpha value is -2.14. The van der Waals surface area contributed by atoms with Gasteiger partial charge in [-0.15, -0.1) is 0 Å². The molecular formula is C15H18N4O. The summed E-state index contributed by atoms with van der Waals surface area (Å²) in [5.74, 6) is 0. The average molecular weight is 270 g/mol. The van der Waals surface area contributed by atoms with Crippen molar-refractivity contribution in [2.75, 3.05) is 12.3 Å². The molecule has 0 atom stereocenters. The van der Waals surface area contributed by atoms with Crippen LogP contribution in [0.4, 0.5) is 5.69 Å². The van der Waals surface area contributed by atoms with E-state index in [0.29, 0.717) is 0 Å². The van der Waals surface area contributed by atoms with Crippen LogP contribution in [0.1, 0.15) is 16.8 Å². The fourth-order valence-corrected chi connectivity index (χ4v) is 2.64. The van der Waals surface area contributed by atoms with Gasteiger partial charge in [0.2, 0.25) is 0 Å². The highest BCUT2D eigenvalue weighted by Gasteiger charge is 2.18. The van der Waals surface area contributed by atoms with Crippen molar-refractivity contribution in [2.45, 2.75) is 19.5 Å². The summed E-state index contributed by atoms with van der Waals surface area (Å²) in [6, 6.07) is 9.64. The molecule has 0 radical (unpaired) electrons. The summed E-state index contributed by atoms with van der Waals surface area (Å²) < 4.78 is 1.41. The van der Waals surface area contributed by atoms with Gasteiger partial charge in [0.25, 0.3) is 5.56 Å². The number of hydrogen-bond acceptors (Lipinski definition) is 4. The van der Waals surface area contributed by atoms with Crippen LogP contribution >= 0.6 is 0 Å². The van der Waals surface area contributed by atoms with Gasteiger partial charge in [0.1, 0.15) is 0 Å². The number of fused-ring (bicyclic) bond motifs is 1. The predicted octanol–water partition coefficient (Wildman–Crippen LogP) is 0.921. The van der Waals surface area contributed by atoms with Gasteiger partial charge in [-0.2, -0.15) is 5.10 Å². The van der Waals surface area contributed by atoms with E-state index in [9.17, 15) is 4.79 Å². The van der Waals surface area contributed by atoms with Gasteiger partial charge in [0, 0.05) is 44.9 Å². The summed E-state index contributed by atoms with van der Waals surface area (Å²) in [5, 5.41) is 4.33. The van der Waals surface area contributed by atoms with E-state index in [4.69, 9.17) is 5.73 Å². The van der Waals surface area contributed by atoms with Crippen LogP contribution in [0.25, 0.3) is 0 Å². The summed E-state index contributed by atoms with van der Waals surface area (Å²) in [6.45, 7) is 2.57. The van der Waals surface area contributed by atoms with Crippen molar-refractivity contribution in [3.8, 4) is 0 Å². The van der Waals surface area contributed by atoms with Crippen molar-refractivity contribution in [3.63, 3.8) is 0 Å². The van der Waals surface area contributed by atoms with Crippen molar-refractivity contribution in [2.24, 2.45) is 7.05 Å². The molecule has 0 amide bonds. The second-order valence-electron chi connectivity index (χ2n) is 5.28. The summed E-state index contributed by atoms with van der Waals surface area (Å²) in [6.07, 6.45) is 0.881. The van der Waals surface area contributed by atoms with Gasteiger partial charge in [-0.25, -0.2) is 4.68 Å². The fraction of sp³-hybridized carbons (Fsp3) is 0.333. The molecule has 5 heteroatoms. The molecule has 2 N–H and O–H groups in total. The van der Waals surface area contributed by atoms with Crippen molar-refractivity contribution in [1.29, 1.82) is 0 Å². The van der Waals surface area contributed by atoms with Crippen molar-refractivity contribution < 1.29 is 0 Å². The third-order valence-electron chi connectivity index (χ3n) is 3.67. The highest BCUT2D eigenvalue weighted by Crippen LogP contribution is 2.18. The molecule has 20 heavy (non-hydrogen) atoms. The zero-order valence-corrected chi connectivity index (χ0v) is 11.5. The molecule has 2 heterocycles. The van der Waals surface area contributed by atoms with E-state index in [1.165, 1.54) is 10.2 Å². The molecule has 0 saturated heterocycles. The highest BCUT2D eigenvalue weighted by molar-refractivity contribution is 5.40. The minimum absolute atomic E-state index is 0.0467. The monoisotopic (exact) mass is 270 g/mol. The molecule has 1 aliphatic rings. The Labute approximate surface area is 117 Å². The second kappa shape index (κ2) is 5.09. The number of nitrogens with two attached hydrogens (primary N) is 1. The van der Waals surface area contributed by atoms with Crippen LogP contribution in [0.2, 0.25) is 0 Å². The first-order valence-electron chi connectivity index (χ1n) is 6.75. The lowest BCUT2D eigenvalue weighted by Gasteiger charge is -2.28.